The molecule has 0 N–H and O–H groups in total. The van der Waals surface area contributed by atoms with E-state index >= 15 is 0 Å². The molecular formula is C12H13NS. The Kier molecular flexibility index (Phi) is 2.64. The van der Waals surface area contributed by atoms with E-state index in [1.54, 1.807) is 0 Å². The van der Waals surface area contributed by atoms with Gasteiger partial charge in [0.1, 0.15) is 0 Å². The van der Waals surface area contributed by atoms with Crippen LogP contribution < -0.4 is 4.90 Å². The fraction of sp³-hybridized carbons (Fsp3) is 0.167. The predicted octanol–water partition coefficient (Wildman–Crippen LogP) is 3.16. The van der Waals surface area contributed by atoms with Crippen molar-refractivity contribution in [2.45, 2.75) is 0 Å². The summed E-state index contributed by atoms with van der Waals surface area (Å²) in [6.45, 7) is 0. The van der Waals surface area contributed by atoms with Gasteiger partial charge in [-0.2, -0.15) is 12.6 Å². The van der Waals surface area contributed by atoms with Gasteiger partial charge >= 0.3 is 0 Å². The van der Waals surface area contributed by atoms with Gasteiger partial charge in [-0.15, -0.1) is 0 Å². The fourth-order valence-corrected chi connectivity index (χ4v) is 1.77. The molecular weight excluding hydrogens is 190 g/mol. The van der Waals surface area contributed by atoms with E-state index < -0.39 is 0 Å². The largest absolute Gasteiger partial charge is 0.365 e. The first-order valence-corrected chi connectivity index (χ1v) is 5.26. The van der Waals surface area contributed by atoms with E-state index in [9.17, 15) is 0 Å². The highest BCUT2D eigenvalue weighted by Gasteiger charge is 2.02. The van der Waals surface area contributed by atoms with E-state index in [1.165, 1.54) is 16.5 Å². The summed E-state index contributed by atoms with van der Waals surface area (Å²) in [4.78, 5) is 2.13. The molecule has 0 radical (unpaired) electrons. The van der Waals surface area contributed by atoms with E-state index in [-0.39, 0.29) is 0 Å². The third-order valence-electron chi connectivity index (χ3n) is 2.39. The predicted molar refractivity (Wildman–Crippen MR) is 66.2 cm³/mol. The third kappa shape index (κ3) is 1.58. The van der Waals surface area contributed by atoms with E-state index in [0.717, 1.165) is 5.88 Å². The number of nitrogens with zero attached hydrogens (tertiary/aromatic N) is 1. The first-order valence-electron chi connectivity index (χ1n) is 4.62. The summed E-state index contributed by atoms with van der Waals surface area (Å²) in [5.41, 5.74) is 1.23. The van der Waals surface area contributed by atoms with Crippen molar-refractivity contribution < 1.29 is 0 Å². The van der Waals surface area contributed by atoms with Gasteiger partial charge in [0.05, 0.1) is 5.88 Å². The van der Waals surface area contributed by atoms with Crippen LogP contribution in [-0.4, -0.2) is 12.9 Å². The first-order chi connectivity index (χ1) is 6.83. The number of fused-ring (bicyclic) bond motifs is 1. The lowest BCUT2D eigenvalue weighted by Crippen LogP contribution is -2.14. The van der Waals surface area contributed by atoms with Crippen LogP contribution in [0.4, 0.5) is 5.69 Å². The number of rotatable bonds is 2. The van der Waals surface area contributed by atoms with E-state index in [0.29, 0.717) is 0 Å². The summed E-state index contributed by atoms with van der Waals surface area (Å²) in [6, 6.07) is 14.7. The molecule has 2 heteroatoms. The zero-order chi connectivity index (χ0) is 9.97. The Labute approximate surface area is 89.8 Å². The van der Waals surface area contributed by atoms with Crippen LogP contribution in [0.2, 0.25) is 0 Å². The van der Waals surface area contributed by atoms with Gasteiger partial charge in [0.2, 0.25) is 0 Å². The van der Waals surface area contributed by atoms with Crippen LogP contribution >= 0.6 is 12.6 Å². The maximum Gasteiger partial charge on any atom is 0.0607 e. The third-order valence-corrected chi connectivity index (χ3v) is 2.81. The topological polar surface area (TPSA) is 3.24 Å². The van der Waals surface area contributed by atoms with Crippen LogP contribution in [0.5, 0.6) is 0 Å². The second-order valence-electron chi connectivity index (χ2n) is 3.34. The molecule has 2 aromatic carbocycles. The molecule has 0 amide bonds. The van der Waals surface area contributed by atoms with Crippen LogP contribution in [0.25, 0.3) is 10.8 Å². The van der Waals surface area contributed by atoms with Crippen molar-refractivity contribution in [2.75, 3.05) is 17.8 Å². The molecule has 0 bridgehead atoms. The molecule has 2 rings (SSSR count). The van der Waals surface area contributed by atoms with Crippen LogP contribution in [0, 0.1) is 0 Å². The van der Waals surface area contributed by atoms with Crippen molar-refractivity contribution >= 4 is 29.1 Å². The van der Waals surface area contributed by atoms with Crippen molar-refractivity contribution in [3.05, 3.63) is 42.5 Å². The molecule has 0 aliphatic carbocycles. The van der Waals surface area contributed by atoms with E-state index in [1.807, 2.05) is 0 Å². The second kappa shape index (κ2) is 3.93. The van der Waals surface area contributed by atoms with Crippen molar-refractivity contribution in [3.63, 3.8) is 0 Å². The maximum atomic E-state index is 4.28. The Morgan fingerprint density at radius 3 is 2.57 bits per heavy atom. The highest BCUT2D eigenvalue weighted by atomic mass is 32.1. The molecule has 0 atom stereocenters. The van der Waals surface area contributed by atoms with Gasteiger partial charge in [-0.25, -0.2) is 0 Å². The summed E-state index contributed by atoms with van der Waals surface area (Å²) < 4.78 is 0. The van der Waals surface area contributed by atoms with Gasteiger partial charge in [-0.1, -0.05) is 36.4 Å². The number of hydrogen-bond acceptors (Lipinski definition) is 2. The lowest BCUT2D eigenvalue weighted by Gasteiger charge is -2.18. The normalized spacial score (nSPS) is 10.4. The molecule has 2 aromatic rings. The fourth-order valence-electron chi connectivity index (χ4n) is 1.62. The van der Waals surface area contributed by atoms with Crippen LogP contribution in [0.15, 0.2) is 42.5 Å². The molecule has 0 aliphatic rings. The van der Waals surface area contributed by atoms with Crippen molar-refractivity contribution in [1.29, 1.82) is 0 Å². The van der Waals surface area contributed by atoms with E-state index in [4.69, 9.17) is 0 Å². The Morgan fingerprint density at radius 2 is 1.79 bits per heavy atom. The first kappa shape index (κ1) is 9.41. The SMILES string of the molecule is CN(CS)c1cccc2ccccc12. The van der Waals surface area contributed by atoms with Crippen molar-refractivity contribution in [1.82, 2.24) is 0 Å². The molecule has 0 unspecified atom stereocenters. The van der Waals surface area contributed by atoms with Gasteiger partial charge in [-0.05, 0) is 11.5 Å². The summed E-state index contributed by atoms with van der Waals surface area (Å²) in [6.07, 6.45) is 0. The number of benzene rings is 2. The Bertz CT molecular complexity index is 434. The zero-order valence-corrected chi connectivity index (χ0v) is 9.04. The second-order valence-corrected chi connectivity index (χ2v) is 3.62. The molecule has 0 aliphatic heterocycles. The molecule has 14 heavy (non-hydrogen) atoms. The van der Waals surface area contributed by atoms with Gasteiger partial charge in [-0.3, -0.25) is 0 Å². The molecule has 0 saturated heterocycles. The quantitative estimate of drug-likeness (QED) is 0.579. The molecule has 0 heterocycles. The summed E-state index contributed by atoms with van der Waals surface area (Å²) >= 11 is 4.28. The molecule has 0 saturated carbocycles. The summed E-state index contributed by atoms with van der Waals surface area (Å²) in [5, 5.41) is 2.56. The minimum absolute atomic E-state index is 0.730. The van der Waals surface area contributed by atoms with Crippen LogP contribution in [0.1, 0.15) is 0 Å². The summed E-state index contributed by atoms with van der Waals surface area (Å²) in [5.74, 6) is 0.730. The number of hydrogen-bond donors (Lipinski definition) is 1. The minimum Gasteiger partial charge on any atom is -0.365 e. The number of thiol groups is 1. The molecule has 0 spiro atoms. The van der Waals surface area contributed by atoms with Crippen LogP contribution in [0.3, 0.4) is 0 Å². The van der Waals surface area contributed by atoms with Crippen molar-refractivity contribution in [2.24, 2.45) is 0 Å². The molecule has 0 aromatic heterocycles. The lowest BCUT2D eigenvalue weighted by molar-refractivity contribution is 1.11. The number of anilines is 1. The van der Waals surface area contributed by atoms with E-state index in [2.05, 4.69) is 67.0 Å². The lowest BCUT2D eigenvalue weighted by atomic mass is 10.1. The highest BCUT2D eigenvalue weighted by molar-refractivity contribution is 7.80. The standard InChI is InChI=1S/C12H13NS/c1-13(9-14)12-8-4-6-10-5-2-3-7-11(10)12/h2-8,14H,9H2,1H3. The molecule has 0 fully saturated rings. The van der Waals surface area contributed by atoms with Crippen molar-refractivity contribution in [3.8, 4) is 0 Å². The minimum atomic E-state index is 0.730. The monoisotopic (exact) mass is 203 g/mol. The highest BCUT2D eigenvalue weighted by Crippen LogP contribution is 2.25. The Hall–Kier alpha value is -1.15. The maximum absolute atomic E-state index is 4.28. The smallest absolute Gasteiger partial charge is 0.0607 e. The molecule has 1 nitrogen and oxygen atoms in total. The van der Waals surface area contributed by atoms with Gasteiger partial charge in [0.15, 0.2) is 0 Å². The Morgan fingerprint density at radius 1 is 1.07 bits per heavy atom. The van der Waals surface area contributed by atoms with Gasteiger partial charge in [0, 0.05) is 18.1 Å². The van der Waals surface area contributed by atoms with Gasteiger partial charge in [0.25, 0.3) is 0 Å². The zero-order valence-electron chi connectivity index (χ0n) is 8.14. The Balaban J connectivity index is 2.65. The summed E-state index contributed by atoms with van der Waals surface area (Å²) in [7, 11) is 2.05. The van der Waals surface area contributed by atoms with Gasteiger partial charge < -0.3 is 4.90 Å². The average Bonchev–Trinajstić information content (AvgIpc) is 2.27. The van der Waals surface area contributed by atoms with Crippen LogP contribution in [-0.2, 0) is 0 Å². The molecule has 72 valence electrons. The average molecular weight is 203 g/mol.